The van der Waals surface area contributed by atoms with Crippen molar-refractivity contribution in [1.29, 1.82) is 0 Å². The molecule has 0 aliphatic heterocycles. The summed E-state index contributed by atoms with van der Waals surface area (Å²) < 4.78 is 16.1. The number of methoxy groups -OCH3 is 2. The summed E-state index contributed by atoms with van der Waals surface area (Å²) in [4.78, 5) is 0. The molecule has 0 aliphatic rings. The van der Waals surface area contributed by atoms with Crippen LogP contribution in [0.2, 0.25) is 0 Å². The summed E-state index contributed by atoms with van der Waals surface area (Å²) in [7, 11) is 3.24. The van der Waals surface area contributed by atoms with E-state index in [-0.39, 0.29) is 0 Å². The molecule has 0 aromatic heterocycles. The molecule has 14 heavy (non-hydrogen) atoms. The molecule has 0 fully saturated rings. The summed E-state index contributed by atoms with van der Waals surface area (Å²) in [5, 5.41) is 0. The quantitative estimate of drug-likeness (QED) is 0.602. The Bertz CT molecular complexity index is 289. The van der Waals surface area contributed by atoms with E-state index in [0.717, 1.165) is 15.8 Å². The third kappa shape index (κ3) is 3.29. The lowest BCUT2D eigenvalue weighted by molar-refractivity contribution is -0.0392. The van der Waals surface area contributed by atoms with Gasteiger partial charge in [-0.3, -0.25) is 0 Å². The van der Waals surface area contributed by atoms with Gasteiger partial charge in [-0.2, -0.15) is 0 Å². The molecule has 0 unspecified atom stereocenters. The van der Waals surface area contributed by atoms with Crippen molar-refractivity contribution in [2.45, 2.75) is 6.61 Å². The summed E-state index contributed by atoms with van der Waals surface area (Å²) in [6.07, 6.45) is 0. The Morgan fingerprint density at radius 3 is 2.71 bits per heavy atom. The first-order chi connectivity index (χ1) is 6.77. The molecule has 0 saturated carbocycles. The molecule has 0 aliphatic carbocycles. The maximum absolute atomic E-state index is 5.24. The van der Waals surface area contributed by atoms with Gasteiger partial charge in [0.15, 0.2) is 0 Å². The summed E-state index contributed by atoms with van der Waals surface area (Å²) >= 11 is 3.44. The fourth-order valence-electron chi connectivity index (χ4n) is 1.02. The molecule has 4 heteroatoms. The van der Waals surface area contributed by atoms with Crippen LogP contribution < -0.4 is 4.74 Å². The zero-order valence-corrected chi connectivity index (χ0v) is 9.83. The summed E-state index contributed by atoms with van der Waals surface area (Å²) in [5.41, 5.74) is 1.04. The van der Waals surface area contributed by atoms with Crippen LogP contribution in [0.5, 0.6) is 5.75 Å². The molecule has 0 N–H and O–H groups in total. The second kappa shape index (κ2) is 6.01. The first-order valence-corrected chi connectivity index (χ1v) is 4.96. The predicted octanol–water partition coefficient (Wildman–Crippen LogP) is 2.58. The largest absolute Gasteiger partial charge is 0.497 e. The van der Waals surface area contributed by atoms with Crippen LogP contribution in [-0.4, -0.2) is 21.0 Å². The van der Waals surface area contributed by atoms with Gasteiger partial charge in [0.2, 0.25) is 0 Å². The highest BCUT2D eigenvalue weighted by Gasteiger charge is 2.01. The number of benzene rings is 1. The van der Waals surface area contributed by atoms with Gasteiger partial charge < -0.3 is 14.2 Å². The van der Waals surface area contributed by atoms with E-state index in [0.29, 0.717) is 13.4 Å². The maximum Gasteiger partial charge on any atom is 0.146 e. The normalized spacial score (nSPS) is 10.2. The Labute approximate surface area is 92.1 Å². The molecule has 78 valence electrons. The average Bonchev–Trinajstić information content (AvgIpc) is 2.21. The standard InChI is InChI=1S/C10H13BrO3/c1-12-7-14-6-8-5-9(13-2)3-4-10(8)11/h3-5H,6-7H2,1-2H3. The zero-order chi connectivity index (χ0) is 10.4. The van der Waals surface area contributed by atoms with Crippen molar-refractivity contribution in [2.24, 2.45) is 0 Å². The van der Waals surface area contributed by atoms with E-state index in [2.05, 4.69) is 15.9 Å². The third-order valence-corrected chi connectivity index (χ3v) is 2.49. The molecule has 0 radical (unpaired) electrons. The van der Waals surface area contributed by atoms with Crippen LogP contribution in [0.15, 0.2) is 22.7 Å². The molecule has 0 saturated heterocycles. The molecular weight excluding hydrogens is 248 g/mol. The number of hydrogen-bond acceptors (Lipinski definition) is 3. The van der Waals surface area contributed by atoms with Crippen molar-refractivity contribution in [3.63, 3.8) is 0 Å². The minimum absolute atomic E-state index is 0.295. The van der Waals surface area contributed by atoms with Gasteiger partial charge in [0.05, 0.1) is 13.7 Å². The predicted molar refractivity (Wildman–Crippen MR) is 57.4 cm³/mol. The maximum atomic E-state index is 5.24. The van der Waals surface area contributed by atoms with E-state index in [1.54, 1.807) is 14.2 Å². The SMILES string of the molecule is COCOCc1cc(OC)ccc1Br. The van der Waals surface area contributed by atoms with Crippen LogP contribution in [-0.2, 0) is 16.1 Å². The van der Waals surface area contributed by atoms with Gasteiger partial charge in [-0.15, -0.1) is 0 Å². The van der Waals surface area contributed by atoms with Gasteiger partial charge in [0.1, 0.15) is 12.5 Å². The van der Waals surface area contributed by atoms with Crippen molar-refractivity contribution in [2.75, 3.05) is 21.0 Å². The molecule has 0 atom stereocenters. The molecule has 0 amide bonds. The van der Waals surface area contributed by atoms with Crippen molar-refractivity contribution in [3.8, 4) is 5.75 Å². The highest BCUT2D eigenvalue weighted by molar-refractivity contribution is 9.10. The van der Waals surface area contributed by atoms with Gasteiger partial charge in [-0.25, -0.2) is 0 Å². The van der Waals surface area contributed by atoms with E-state index in [1.165, 1.54) is 0 Å². The first kappa shape index (κ1) is 11.5. The van der Waals surface area contributed by atoms with Gasteiger partial charge in [-0.05, 0) is 23.8 Å². The molecule has 0 bridgehead atoms. The Balaban J connectivity index is 2.64. The van der Waals surface area contributed by atoms with Crippen molar-refractivity contribution in [1.82, 2.24) is 0 Å². The van der Waals surface area contributed by atoms with Crippen LogP contribution in [0.3, 0.4) is 0 Å². The molecule has 1 aromatic carbocycles. The number of halogens is 1. The van der Waals surface area contributed by atoms with E-state index in [9.17, 15) is 0 Å². The van der Waals surface area contributed by atoms with Crippen molar-refractivity contribution in [3.05, 3.63) is 28.2 Å². The lowest BCUT2D eigenvalue weighted by Crippen LogP contribution is -1.98. The summed E-state index contributed by atoms with van der Waals surface area (Å²) in [6.45, 7) is 0.801. The summed E-state index contributed by atoms with van der Waals surface area (Å²) in [5.74, 6) is 0.823. The second-order valence-electron chi connectivity index (χ2n) is 2.71. The highest BCUT2D eigenvalue weighted by atomic mass is 79.9. The van der Waals surface area contributed by atoms with Gasteiger partial charge in [0.25, 0.3) is 0 Å². The number of ether oxygens (including phenoxy) is 3. The lowest BCUT2D eigenvalue weighted by atomic mass is 10.2. The van der Waals surface area contributed by atoms with Crippen LogP contribution in [0.1, 0.15) is 5.56 Å². The average molecular weight is 261 g/mol. The molecule has 3 nitrogen and oxygen atoms in total. The van der Waals surface area contributed by atoms with E-state index < -0.39 is 0 Å². The fourth-order valence-corrected chi connectivity index (χ4v) is 1.38. The number of hydrogen-bond donors (Lipinski definition) is 0. The van der Waals surface area contributed by atoms with Gasteiger partial charge >= 0.3 is 0 Å². The fraction of sp³-hybridized carbons (Fsp3) is 0.400. The Kier molecular flexibility index (Phi) is 4.93. The Morgan fingerprint density at radius 2 is 2.07 bits per heavy atom. The van der Waals surface area contributed by atoms with E-state index in [1.807, 2.05) is 18.2 Å². The first-order valence-electron chi connectivity index (χ1n) is 4.17. The molecule has 1 aromatic rings. The van der Waals surface area contributed by atoms with Crippen LogP contribution in [0, 0.1) is 0 Å². The molecular formula is C10H13BrO3. The second-order valence-corrected chi connectivity index (χ2v) is 3.57. The van der Waals surface area contributed by atoms with Gasteiger partial charge in [-0.1, -0.05) is 15.9 Å². The van der Waals surface area contributed by atoms with Crippen LogP contribution in [0.4, 0.5) is 0 Å². The molecule has 0 heterocycles. The topological polar surface area (TPSA) is 27.7 Å². The Morgan fingerprint density at radius 1 is 1.29 bits per heavy atom. The Hall–Kier alpha value is -0.580. The number of rotatable bonds is 5. The zero-order valence-electron chi connectivity index (χ0n) is 8.25. The van der Waals surface area contributed by atoms with Crippen molar-refractivity contribution < 1.29 is 14.2 Å². The summed E-state index contributed by atoms with van der Waals surface area (Å²) in [6, 6.07) is 5.76. The lowest BCUT2D eigenvalue weighted by Gasteiger charge is -2.07. The van der Waals surface area contributed by atoms with Crippen molar-refractivity contribution >= 4 is 15.9 Å². The van der Waals surface area contributed by atoms with Crippen LogP contribution in [0.25, 0.3) is 0 Å². The minimum atomic E-state index is 0.295. The van der Waals surface area contributed by atoms with Gasteiger partial charge in [0, 0.05) is 11.6 Å². The monoisotopic (exact) mass is 260 g/mol. The van der Waals surface area contributed by atoms with E-state index in [4.69, 9.17) is 14.2 Å². The molecule has 0 spiro atoms. The van der Waals surface area contributed by atoms with Crippen LogP contribution >= 0.6 is 15.9 Å². The smallest absolute Gasteiger partial charge is 0.146 e. The molecule has 1 rings (SSSR count). The van der Waals surface area contributed by atoms with E-state index >= 15 is 0 Å². The highest BCUT2D eigenvalue weighted by Crippen LogP contribution is 2.22. The third-order valence-electron chi connectivity index (χ3n) is 1.71. The minimum Gasteiger partial charge on any atom is -0.497 e.